The maximum atomic E-state index is 11.7. The average Bonchev–Trinajstić information content (AvgIpc) is 3.19. The summed E-state index contributed by atoms with van der Waals surface area (Å²) < 4.78 is 0. The molecule has 5 nitrogen and oxygen atoms in total. The Morgan fingerprint density at radius 2 is 2.33 bits per heavy atom. The molecule has 2 rings (SSSR count). The van der Waals surface area contributed by atoms with Crippen molar-refractivity contribution in [3.05, 3.63) is 24.0 Å². The molecule has 1 atom stereocenters. The van der Waals surface area contributed by atoms with Gasteiger partial charge in [-0.05, 0) is 30.9 Å². The Balaban J connectivity index is 1.96. The SMILES string of the molecule is CN(C)C(=O)c1cc(NCC(O)C2CC2)ccn1. The minimum absolute atomic E-state index is 0.124. The van der Waals surface area contributed by atoms with E-state index in [0.717, 1.165) is 18.5 Å². The monoisotopic (exact) mass is 249 g/mol. The molecular weight excluding hydrogens is 230 g/mol. The molecule has 18 heavy (non-hydrogen) atoms. The van der Waals surface area contributed by atoms with Crippen LogP contribution in [0.25, 0.3) is 0 Å². The Morgan fingerprint density at radius 3 is 2.94 bits per heavy atom. The molecule has 0 aliphatic heterocycles. The number of nitrogens with zero attached hydrogens (tertiary/aromatic N) is 2. The topological polar surface area (TPSA) is 65.5 Å². The predicted molar refractivity (Wildman–Crippen MR) is 69.5 cm³/mol. The third kappa shape index (κ3) is 3.20. The molecule has 5 heteroatoms. The first-order chi connectivity index (χ1) is 8.58. The summed E-state index contributed by atoms with van der Waals surface area (Å²) in [5.41, 5.74) is 1.22. The van der Waals surface area contributed by atoms with E-state index in [1.165, 1.54) is 4.90 Å². The summed E-state index contributed by atoms with van der Waals surface area (Å²) in [6.45, 7) is 0.518. The molecule has 1 aromatic rings. The number of amides is 1. The first-order valence-corrected chi connectivity index (χ1v) is 6.17. The van der Waals surface area contributed by atoms with Crippen molar-refractivity contribution in [1.82, 2.24) is 9.88 Å². The van der Waals surface area contributed by atoms with Crippen LogP contribution in [0.15, 0.2) is 18.3 Å². The number of hydrogen-bond acceptors (Lipinski definition) is 4. The van der Waals surface area contributed by atoms with Crippen LogP contribution in [-0.4, -0.2) is 47.6 Å². The number of pyridine rings is 1. The van der Waals surface area contributed by atoms with Gasteiger partial charge in [0.2, 0.25) is 0 Å². The first-order valence-electron chi connectivity index (χ1n) is 6.17. The van der Waals surface area contributed by atoms with Crippen LogP contribution in [0.5, 0.6) is 0 Å². The van der Waals surface area contributed by atoms with E-state index in [4.69, 9.17) is 0 Å². The fraction of sp³-hybridized carbons (Fsp3) is 0.538. The summed E-state index contributed by atoms with van der Waals surface area (Å²) in [5.74, 6) is 0.323. The van der Waals surface area contributed by atoms with Gasteiger partial charge in [0.1, 0.15) is 5.69 Å². The predicted octanol–water partition coefficient (Wildman–Crippen LogP) is 0.966. The molecule has 0 radical (unpaired) electrons. The van der Waals surface area contributed by atoms with Crippen molar-refractivity contribution in [2.45, 2.75) is 18.9 Å². The Bertz CT molecular complexity index is 430. The van der Waals surface area contributed by atoms with Crippen LogP contribution in [0, 0.1) is 5.92 Å². The van der Waals surface area contributed by atoms with Gasteiger partial charge in [-0.1, -0.05) is 0 Å². The standard InChI is InChI=1S/C13H19N3O2/c1-16(2)13(18)11-7-10(5-6-14-11)15-8-12(17)9-3-4-9/h5-7,9,12,17H,3-4,8H2,1-2H3,(H,14,15). The van der Waals surface area contributed by atoms with Crippen molar-refractivity contribution in [2.75, 3.05) is 26.0 Å². The van der Waals surface area contributed by atoms with E-state index >= 15 is 0 Å². The van der Waals surface area contributed by atoms with Crippen molar-refractivity contribution in [3.8, 4) is 0 Å². The number of rotatable bonds is 5. The molecule has 2 N–H and O–H groups in total. The number of anilines is 1. The molecule has 0 bridgehead atoms. The largest absolute Gasteiger partial charge is 0.391 e. The minimum Gasteiger partial charge on any atom is -0.391 e. The van der Waals surface area contributed by atoms with Gasteiger partial charge in [-0.15, -0.1) is 0 Å². The van der Waals surface area contributed by atoms with Gasteiger partial charge in [0, 0.05) is 32.5 Å². The zero-order valence-electron chi connectivity index (χ0n) is 10.8. The normalized spacial score (nSPS) is 16.2. The lowest BCUT2D eigenvalue weighted by Crippen LogP contribution is -2.24. The van der Waals surface area contributed by atoms with Crippen molar-refractivity contribution in [1.29, 1.82) is 0 Å². The minimum atomic E-state index is -0.300. The van der Waals surface area contributed by atoms with Crippen LogP contribution in [0.4, 0.5) is 5.69 Å². The van der Waals surface area contributed by atoms with Crippen molar-refractivity contribution >= 4 is 11.6 Å². The Labute approximate surface area is 107 Å². The number of aromatic nitrogens is 1. The third-order valence-electron chi connectivity index (χ3n) is 3.07. The number of nitrogens with one attached hydrogen (secondary N) is 1. The van der Waals surface area contributed by atoms with Crippen LogP contribution < -0.4 is 5.32 Å². The van der Waals surface area contributed by atoms with Crippen LogP contribution in [0.1, 0.15) is 23.3 Å². The van der Waals surface area contributed by atoms with Crippen LogP contribution in [0.2, 0.25) is 0 Å². The van der Waals surface area contributed by atoms with Crippen LogP contribution in [-0.2, 0) is 0 Å². The number of aliphatic hydroxyl groups excluding tert-OH is 1. The molecular formula is C13H19N3O2. The second-order valence-electron chi connectivity index (χ2n) is 4.92. The zero-order chi connectivity index (χ0) is 13.1. The lowest BCUT2D eigenvalue weighted by Gasteiger charge is -2.13. The Kier molecular flexibility index (Phi) is 3.81. The molecule has 1 saturated carbocycles. The highest BCUT2D eigenvalue weighted by Crippen LogP contribution is 2.32. The van der Waals surface area contributed by atoms with E-state index < -0.39 is 0 Å². The summed E-state index contributed by atoms with van der Waals surface area (Å²) in [6, 6.07) is 3.51. The highest BCUT2D eigenvalue weighted by molar-refractivity contribution is 5.92. The van der Waals surface area contributed by atoms with Crippen molar-refractivity contribution in [3.63, 3.8) is 0 Å². The van der Waals surface area contributed by atoms with Gasteiger partial charge < -0.3 is 15.3 Å². The van der Waals surface area contributed by atoms with E-state index in [1.807, 2.05) is 0 Å². The molecule has 1 aromatic heterocycles. The van der Waals surface area contributed by atoms with Crippen molar-refractivity contribution in [2.24, 2.45) is 5.92 Å². The Morgan fingerprint density at radius 1 is 1.61 bits per heavy atom. The molecule has 0 spiro atoms. The quantitative estimate of drug-likeness (QED) is 0.816. The van der Waals surface area contributed by atoms with Gasteiger partial charge in [-0.25, -0.2) is 0 Å². The second-order valence-corrected chi connectivity index (χ2v) is 4.92. The van der Waals surface area contributed by atoms with Crippen LogP contribution in [0.3, 0.4) is 0 Å². The highest BCUT2D eigenvalue weighted by Gasteiger charge is 2.29. The third-order valence-corrected chi connectivity index (χ3v) is 3.07. The number of hydrogen-bond donors (Lipinski definition) is 2. The molecule has 1 fully saturated rings. The van der Waals surface area contributed by atoms with E-state index in [2.05, 4.69) is 10.3 Å². The van der Waals surface area contributed by atoms with Gasteiger partial charge in [-0.3, -0.25) is 9.78 Å². The van der Waals surface area contributed by atoms with Gasteiger partial charge in [0.15, 0.2) is 0 Å². The molecule has 1 aliphatic carbocycles. The second kappa shape index (κ2) is 5.35. The van der Waals surface area contributed by atoms with E-state index in [0.29, 0.717) is 18.2 Å². The van der Waals surface area contributed by atoms with Gasteiger partial charge in [-0.2, -0.15) is 0 Å². The van der Waals surface area contributed by atoms with Gasteiger partial charge in [0.05, 0.1) is 6.10 Å². The van der Waals surface area contributed by atoms with E-state index in [-0.39, 0.29) is 12.0 Å². The zero-order valence-corrected chi connectivity index (χ0v) is 10.8. The number of aliphatic hydroxyl groups is 1. The molecule has 1 heterocycles. The molecule has 0 saturated heterocycles. The molecule has 1 amide bonds. The lowest BCUT2D eigenvalue weighted by molar-refractivity contribution is 0.0822. The maximum Gasteiger partial charge on any atom is 0.272 e. The maximum absolute atomic E-state index is 11.7. The molecule has 1 aliphatic rings. The fourth-order valence-electron chi connectivity index (χ4n) is 1.76. The lowest BCUT2D eigenvalue weighted by atomic mass is 10.2. The average molecular weight is 249 g/mol. The highest BCUT2D eigenvalue weighted by atomic mass is 16.3. The Hall–Kier alpha value is -1.62. The number of carbonyl (C=O) groups excluding carboxylic acids is 1. The summed E-state index contributed by atoms with van der Waals surface area (Å²) in [6.07, 6.45) is 3.53. The summed E-state index contributed by atoms with van der Waals surface area (Å²) >= 11 is 0. The summed E-state index contributed by atoms with van der Waals surface area (Å²) in [4.78, 5) is 17.3. The summed E-state index contributed by atoms with van der Waals surface area (Å²) in [7, 11) is 3.39. The van der Waals surface area contributed by atoms with E-state index in [9.17, 15) is 9.90 Å². The molecule has 98 valence electrons. The molecule has 1 unspecified atom stereocenters. The first kappa shape index (κ1) is 12.8. The summed E-state index contributed by atoms with van der Waals surface area (Å²) in [5, 5.41) is 12.9. The van der Waals surface area contributed by atoms with Crippen LogP contribution >= 0.6 is 0 Å². The number of carbonyl (C=O) groups is 1. The molecule has 0 aromatic carbocycles. The smallest absolute Gasteiger partial charge is 0.272 e. The van der Waals surface area contributed by atoms with Gasteiger partial charge >= 0.3 is 0 Å². The fourth-order valence-corrected chi connectivity index (χ4v) is 1.76. The van der Waals surface area contributed by atoms with E-state index in [1.54, 1.807) is 32.4 Å². The van der Waals surface area contributed by atoms with Crippen molar-refractivity contribution < 1.29 is 9.90 Å². The van der Waals surface area contributed by atoms with Gasteiger partial charge in [0.25, 0.3) is 5.91 Å².